The van der Waals surface area contributed by atoms with E-state index in [0.717, 1.165) is 25.9 Å². The first-order chi connectivity index (χ1) is 7.70. The van der Waals surface area contributed by atoms with Gasteiger partial charge < -0.3 is 10.2 Å². The lowest BCUT2D eigenvalue weighted by Crippen LogP contribution is -2.45. The van der Waals surface area contributed by atoms with E-state index in [0.29, 0.717) is 0 Å². The molecule has 0 aliphatic carbocycles. The van der Waals surface area contributed by atoms with Crippen LogP contribution in [0.2, 0.25) is 0 Å². The molecular formula is C12H18N2OS. The molecule has 1 N–H and O–H groups in total. The highest BCUT2D eigenvalue weighted by atomic mass is 32.1. The second-order valence-corrected chi connectivity index (χ2v) is 5.30. The van der Waals surface area contributed by atoms with E-state index < -0.39 is 0 Å². The number of nitrogens with zero attached hydrogens (tertiary/aromatic N) is 1. The van der Waals surface area contributed by atoms with E-state index in [1.54, 1.807) is 11.3 Å². The Kier molecular flexibility index (Phi) is 3.49. The molecule has 0 fully saturated rings. The average Bonchev–Trinajstić information content (AvgIpc) is 2.75. The van der Waals surface area contributed by atoms with Gasteiger partial charge in [0, 0.05) is 24.0 Å². The standard InChI is InChI=1S/C12H18N2OS/c1-3-9(2)13-12(15)14-6-4-11-10(8-14)5-7-16-11/h5,7,9H,3-4,6,8H2,1-2H3,(H,13,15)/t9-/m1/s1. The SMILES string of the molecule is CC[C@@H](C)NC(=O)N1CCc2sccc2C1. The predicted octanol–water partition coefficient (Wildman–Crippen LogP) is 2.61. The molecule has 2 rings (SSSR count). The van der Waals surface area contributed by atoms with Crippen LogP contribution in [0.3, 0.4) is 0 Å². The third-order valence-electron chi connectivity index (χ3n) is 3.08. The molecule has 16 heavy (non-hydrogen) atoms. The topological polar surface area (TPSA) is 32.3 Å². The zero-order valence-electron chi connectivity index (χ0n) is 9.82. The molecule has 0 unspecified atom stereocenters. The third-order valence-corrected chi connectivity index (χ3v) is 4.10. The van der Waals surface area contributed by atoms with Crippen molar-refractivity contribution in [3.63, 3.8) is 0 Å². The Hall–Kier alpha value is -1.03. The number of carbonyl (C=O) groups excluding carboxylic acids is 1. The minimum Gasteiger partial charge on any atom is -0.336 e. The maximum atomic E-state index is 11.9. The van der Waals surface area contributed by atoms with Gasteiger partial charge in [-0.1, -0.05) is 6.92 Å². The first kappa shape index (κ1) is 11.5. The molecule has 3 nitrogen and oxygen atoms in total. The van der Waals surface area contributed by atoms with Crippen LogP contribution in [-0.2, 0) is 13.0 Å². The molecule has 88 valence electrons. The number of fused-ring (bicyclic) bond motifs is 1. The van der Waals surface area contributed by atoms with Crippen molar-refractivity contribution in [1.29, 1.82) is 0 Å². The minimum atomic E-state index is 0.0752. The van der Waals surface area contributed by atoms with E-state index in [9.17, 15) is 4.79 Å². The number of urea groups is 1. The van der Waals surface area contributed by atoms with Crippen molar-refractivity contribution in [3.8, 4) is 0 Å². The number of amides is 2. The summed E-state index contributed by atoms with van der Waals surface area (Å²) in [6.07, 6.45) is 1.98. The summed E-state index contributed by atoms with van der Waals surface area (Å²) in [5.74, 6) is 0. The molecule has 0 spiro atoms. The first-order valence-electron chi connectivity index (χ1n) is 5.81. The van der Waals surface area contributed by atoms with Crippen LogP contribution in [0.25, 0.3) is 0 Å². The lowest BCUT2D eigenvalue weighted by atomic mass is 10.1. The van der Waals surface area contributed by atoms with Crippen LogP contribution in [0.4, 0.5) is 4.79 Å². The predicted molar refractivity (Wildman–Crippen MR) is 66.7 cm³/mol. The zero-order valence-corrected chi connectivity index (χ0v) is 10.6. The van der Waals surface area contributed by atoms with E-state index >= 15 is 0 Å². The summed E-state index contributed by atoms with van der Waals surface area (Å²) in [5, 5.41) is 5.12. The Bertz CT molecular complexity index is 375. The van der Waals surface area contributed by atoms with Crippen molar-refractivity contribution in [2.75, 3.05) is 6.54 Å². The van der Waals surface area contributed by atoms with E-state index in [4.69, 9.17) is 0 Å². The second kappa shape index (κ2) is 4.87. The van der Waals surface area contributed by atoms with Gasteiger partial charge in [0.1, 0.15) is 0 Å². The quantitative estimate of drug-likeness (QED) is 0.844. The van der Waals surface area contributed by atoms with Gasteiger partial charge >= 0.3 is 6.03 Å². The van der Waals surface area contributed by atoms with Gasteiger partial charge in [0.2, 0.25) is 0 Å². The fourth-order valence-electron chi connectivity index (χ4n) is 1.83. The van der Waals surface area contributed by atoms with E-state index in [-0.39, 0.29) is 12.1 Å². The minimum absolute atomic E-state index is 0.0752. The summed E-state index contributed by atoms with van der Waals surface area (Å²) in [6, 6.07) is 2.46. The fraction of sp³-hybridized carbons (Fsp3) is 0.583. The molecular weight excluding hydrogens is 220 g/mol. The summed E-state index contributed by atoms with van der Waals surface area (Å²) < 4.78 is 0. The molecule has 2 heterocycles. The van der Waals surface area contributed by atoms with Crippen LogP contribution in [0.5, 0.6) is 0 Å². The van der Waals surface area contributed by atoms with E-state index in [2.05, 4.69) is 23.7 Å². The maximum absolute atomic E-state index is 11.9. The highest BCUT2D eigenvalue weighted by molar-refractivity contribution is 7.10. The number of carbonyl (C=O) groups is 1. The molecule has 0 aromatic carbocycles. The Labute approximate surface area is 100 Å². The average molecular weight is 238 g/mol. The van der Waals surface area contributed by atoms with E-state index in [1.807, 2.05) is 11.8 Å². The van der Waals surface area contributed by atoms with Crippen molar-refractivity contribution in [3.05, 3.63) is 21.9 Å². The van der Waals surface area contributed by atoms with Gasteiger partial charge in [0.15, 0.2) is 0 Å². The highest BCUT2D eigenvalue weighted by Crippen LogP contribution is 2.23. The summed E-state index contributed by atoms with van der Waals surface area (Å²) in [7, 11) is 0. The zero-order chi connectivity index (χ0) is 11.5. The van der Waals surface area contributed by atoms with E-state index in [1.165, 1.54) is 10.4 Å². The molecule has 0 saturated carbocycles. The maximum Gasteiger partial charge on any atom is 0.317 e. The normalized spacial score (nSPS) is 16.8. The van der Waals surface area contributed by atoms with Crippen LogP contribution < -0.4 is 5.32 Å². The van der Waals surface area contributed by atoms with Gasteiger partial charge in [0.05, 0.1) is 0 Å². The Morgan fingerprint density at radius 3 is 3.25 bits per heavy atom. The summed E-state index contributed by atoms with van der Waals surface area (Å²) in [4.78, 5) is 15.3. The summed E-state index contributed by atoms with van der Waals surface area (Å²) in [6.45, 7) is 5.73. The Morgan fingerprint density at radius 2 is 2.50 bits per heavy atom. The van der Waals surface area contributed by atoms with Crippen molar-refractivity contribution in [2.24, 2.45) is 0 Å². The Morgan fingerprint density at radius 1 is 1.69 bits per heavy atom. The molecule has 2 amide bonds. The van der Waals surface area contributed by atoms with Gasteiger partial charge in [-0.05, 0) is 36.8 Å². The van der Waals surface area contributed by atoms with Crippen molar-refractivity contribution >= 4 is 17.4 Å². The lowest BCUT2D eigenvalue weighted by molar-refractivity contribution is 0.189. The van der Waals surface area contributed by atoms with Crippen molar-refractivity contribution in [1.82, 2.24) is 10.2 Å². The molecule has 1 aromatic heterocycles. The summed E-state index contributed by atoms with van der Waals surface area (Å²) >= 11 is 1.80. The molecule has 0 bridgehead atoms. The van der Waals surface area contributed by atoms with Crippen LogP contribution in [-0.4, -0.2) is 23.5 Å². The van der Waals surface area contributed by atoms with Gasteiger partial charge in [-0.15, -0.1) is 11.3 Å². The largest absolute Gasteiger partial charge is 0.336 e. The Balaban J connectivity index is 1.95. The second-order valence-electron chi connectivity index (χ2n) is 4.30. The van der Waals surface area contributed by atoms with Gasteiger partial charge in [-0.2, -0.15) is 0 Å². The molecule has 0 radical (unpaired) electrons. The fourth-order valence-corrected chi connectivity index (χ4v) is 2.72. The van der Waals surface area contributed by atoms with Crippen LogP contribution in [0.15, 0.2) is 11.4 Å². The van der Waals surface area contributed by atoms with Gasteiger partial charge in [-0.3, -0.25) is 0 Å². The number of nitrogens with one attached hydrogen (secondary N) is 1. The number of hydrogen-bond acceptors (Lipinski definition) is 2. The van der Waals surface area contributed by atoms with Crippen molar-refractivity contribution in [2.45, 2.75) is 39.3 Å². The molecule has 1 aliphatic rings. The van der Waals surface area contributed by atoms with Crippen LogP contribution in [0, 0.1) is 0 Å². The molecule has 1 aromatic rings. The third kappa shape index (κ3) is 2.38. The first-order valence-corrected chi connectivity index (χ1v) is 6.69. The smallest absolute Gasteiger partial charge is 0.317 e. The molecule has 1 aliphatic heterocycles. The molecule has 1 atom stereocenters. The molecule has 4 heteroatoms. The highest BCUT2D eigenvalue weighted by Gasteiger charge is 2.21. The molecule has 0 saturated heterocycles. The number of thiophene rings is 1. The monoisotopic (exact) mass is 238 g/mol. The number of rotatable bonds is 2. The van der Waals surface area contributed by atoms with Crippen molar-refractivity contribution < 1.29 is 4.79 Å². The summed E-state index contributed by atoms with van der Waals surface area (Å²) in [5.41, 5.74) is 1.32. The van der Waals surface area contributed by atoms with Crippen LogP contribution in [0.1, 0.15) is 30.7 Å². The van der Waals surface area contributed by atoms with Crippen LogP contribution >= 0.6 is 11.3 Å². The van der Waals surface area contributed by atoms with Gasteiger partial charge in [-0.25, -0.2) is 4.79 Å². The van der Waals surface area contributed by atoms with Gasteiger partial charge in [0.25, 0.3) is 0 Å². The number of hydrogen-bond donors (Lipinski definition) is 1. The lowest BCUT2D eigenvalue weighted by Gasteiger charge is -2.28.